The zero-order valence-electron chi connectivity index (χ0n) is 24.2. The maximum absolute atomic E-state index is 8.75. The second-order valence-corrected chi connectivity index (χ2v) is 17.9. The van der Waals surface area contributed by atoms with Crippen LogP contribution in [0.2, 0.25) is 18.1 Å². The van der Waals surface area contributed by atoms with Gasteiger partial charge >= 0.3 is 0 Å². The number of hydrogen-bond donors (Lipinski definition) is 2. The molecule has 1 fully saturated rings. The van der Waals surface area contributed by atoms with Crippen molar-refractivity contribution in [3.63, 3.8) is 0 Å². The van der Waals surface area contributed by atoms with Crippen LogP contribution in [0.5, 0.6) is 0 Å². The van der Waals surface area contributed by atoms with Gasteiger partial charge in [0.2, 0.25) is 0 Å². The summed E-state index contributed by atoms with van der Waals surface area (Å²) >= 11 is 1.34. The Hall–Kier alpha value is -3.21. The topological polar surface area (TPSA) is 95.8 Å². The minimum atomic E-state index is -1.77. The predicted molar refractivity (Wildman–Crippen MR) is 167 cm³/mol. The van der Waals surface area contributed by atoms with Gasteiger partial charge in [0.25, 0.3) is 0 Å². The van der Waals surface area contributed by atoms with Gasteiger partial charge in [0.1, 0.15) is 5.49 Å². The Bertz CT molecular complexity index is 1600. The van der Waals surface area contributed by atoms with Gasteiger partial charge in [0, 0.05) is 60.0 Å². The zero-order chi connectivity index (χ0) is 28.7. The van der Waals surface area contributed by atoms with E-state index in [9.17, 15) is 0 Å². The minimum absolute atomic E-state index is 0.224. The molecule has 0 aliphatic carbocycles. The van der Waals surface area contributed by atoms with Crippen LogP contribution in [0, 0.1) is 10.8 Å². The number of aromatic nitrogens is 4. The SMILES string of the molecule is Cn1cc(-c2ccc(=N)n(C(=N)Sc3ccc4ncc(N5CCC(O[Si](C)(C)C(C)(C)C)CC5)cc4c3)c2)cn1. The predicted octanol–water partition coefficient (Wildman–Crippen LogP) is 6.48. The van der Waals surface area contributed by atoms with Crippen molar-refractivity contribution in [1.82, 2.24) is 19.3 Å². The standard InChI is InChI=1S/C30H39N7OSSi/c1-30(2,3)40(5,6)38-25-11-13-36(14-12-25)24-15-22-16-26(8-9-27(22)33-18-24)39-29(32)37-20-21(7-10-28(37)31)23-17-34-35(4)19-23/h7-10,15-20,25,31-32H,11-14H2,1-6H3. The van der Waals surface area contributed by atoms with Crippen molar-refractivity contribution in [3.05, 3.63) is 66.7 Å². The molecule has 10 heteroatoms. The fourth-order valence-electron chi connectivity index (χ4n) is 4.73. The largest absolute Gasteiger partial charge is 0.414 e. The second kappa shape index (κ2) is 11.0. The molecule has 0 saturated carbocycles. The molecule has 1 saturated heterocycles. The van der Waals surface area contributed by atoms with Crippen LogP contribution in [-0.2, 0) is 11.5 Å². The molecule has 8 nitrogen and oxygen atoms in total. The van der Waals surface area contributed by atoms with Gasteiger partial charge in [-0.2, -0.15) is 5.10 Å². The first-order chi connectivity index (χ1) is 18.9. The highest BCUT2D eigenvalue weighted by Crippen LogP contribution is 2.38. The first kappa shape index (κ1) is 28.3. The first-order valence-corrected chi connectivity index (χ1v) is 17.5. The van der Waals surface area contributed by atoms with E-state index in [-0.39, 0.29) is 15.7 Å². The van der Waals surface area contributed by atoms with Crippen molar-refractivity contribution in [3.8, 4) is 11.1 Å². The number of aryl methyl sites for hydroxylation is 1. The third kappa shape index (κ3) is 6.08. The van der Waals surface area contributed by atoms with Crippen LogP contribution in [-0.4, -0.2) is 52.0 Å². The van der Waals surface area contributed by atoms with Gasteiger partial charge in [-0.05, 0) is 67.4 Å². The number of nitrogens with zero attached hydrogens (tertiary/aromatic N) is 5. The molecule has 0 radical (unpaired) electrons. The van der Waals surface area contributed by atoms with E-state index in [1.165, 1.54) is 11.8 Å². The molecule has 4 heterocycles. The summed E-state index contributed by atoms with van der Waals surface area (Å²) in [6.45, 7) is 13.5. The van der Waals surface area contributed by atoms with Crippen LogP contribution in [0.4, 0.5) is 5.69 Å². The lowest BCUT2D eigenvalue weighted by Crippen LogP contribution is -2.47. The molecule has 3 aromatic heterocycles. The number of hydrogen-bond acceptors (Lipinski definition) is 7. The van der Waals surface area contributed by atoms with Crippen molar-refractivity contribution in [2.45, 2.75) is 62.7 Å². The Balaban J connectivity index is 1.29. The summed E-state index contributed by atoms with van der Waals surface area (Å²) in [6, 6.07) is 11.9. The molecular weight excluding hydrogens is 535 g/mol. The number of fused-ring (bicyclic) bond motifs is 1. The summed E-state index contributed by atoms with van der Waals surface area (Å²) in [4.78, 5) is 8.08. The Morgan fingerprint density at radius 1 is 1.02 bits per heavy atom. The molecule has 0 bridgehead atoms. The maximum Gasteiger partial charge on any atom is 0.192 e. The van der Waals surface area contributed by atoms with E-state index in [0.29, 0.717) is 6.10 Å². The van der Waals surface area contributed by atoms with Crippen LogP contribution in [0.3, 0.4) is 0 Å². The van der Waals surface area contributed by atoms with Gasteiger partial charge in [0.15, 0.2) is 13.5 Å². The van der Waals surface area contributed by atoms with E-state index in [2.05, 4.69) is 56.0 Å². The summed E-state index contributed by atoms with van der Waals surface area (Å²) in [5.41, 5.74) is 4.19. The summed E-state index contributed by atoms with van der Waals surface area (Å²) in [7, 11) is 0.111. The average Bonchev–Trinajstić information content (AvgIpc) is 3.34. The Morgan fingerprint density at radius 2 is 1.77 bits per heavy atom. The highest BCUT2D eigenvalue weighted by molar-refractivity contribution is 8.13. The molecule has 0 unspecified atom stereocenters. The van der Waals surface area contributed by atoms with Crippen molar-refractivity contribution < 1.29 is 4.43 Å². The molecule has 0 spiro atoms. The van der Waals surface area contributed by atoms with Crippen molar-refractivity contribution in [1.29, 1.82) is 10.8 Å². The molecule has 0 atom stereocenters. The molecule has 2 N–H and O–H groups in total. The van der Waals surface area contributed by atoms with Crippen LogP contribution < -0.4 is 10.4 Å². The van der Waals surface area contributed by atoms with Crippen molar-refractivity contribution in [2.75, 3.05) is 18.0 Å². The molecule has 210 valence electrons. The average molecular weight is 574 g/mol. The summed E-state index contributed by atoms with van der Waals surface area (Å²) < 4.78 is 10.0. The zero-order valence-corrected chi connectivity index (χ0v) is 26.0. The lowest BCUT2D eigenvalue weighted by atomic mass is 10.1. The molecule has 1 aliphatic heterocycles. The number of thioether (sulfide) groups is 1. The number of benzene rings is 1. The molecular formula is C30H39N7OSSi. The van der Waals surface area contributed by atoms with E-state index >= 15 is 0 Å². The van der Waals surface area contributed by atoms with Crippen LogP contribution >= 0.6 is 11.8 Å². The smallest absolute Gasteiger partial charge is 0.192 e. The monoisotopic (exact) mass is 573 g/mol. The third-order valence-corrected chi connectivity index (χ3v) is 13.5. The molecule has 4 aromatic rings. The third-order valence-electron chi connectivity index (χ3n) is 8.13. The summed E-state index contributed by atoms with van der Waals surface area (Å²) in [6.07, 6.45) is 9.91. The Kier molecular flexibility index (Phi) is 7.78. The lowest BCUT2D eigenvalue weighted by Gasteiger charge is -2.42. The number of rotatable bonds is 5. The fourth-order valence-corrected chi connectivity index (χ4v) is 6.95. The maximum atomic E-state index is 8.75. The molecule has 0 amide bonds. The lowest BCUT2D eigenvalue weighted by molar-refractivity contribution is 0.152. The fraction of sp³-hybridized carbons (Fsp3) is 0.400. The van der Waals surface area contributed by atoms with E-state index in [1.54, 1.807) is 21.5 Å². The van der Waals surface area contributed by atoms with Crippen LogP contribution in [0.25, 0.3) is 22.0 Å². The van der Waals surface area contributed by atoms with Gasteiger partial charge in [-0.25, -0.2) is 0 Å². The van der Waals surface area contributed by atoms with E-state index in [1.807, 2.05) is 43.8 Å². The Morgan fingerprint density at radius 3 is 2.45 bits per heavy atom. The van der Waals surface area contributed by atoms with Gasteiger partial charge in [-0.3, -0.25) is 25.1 Å². The van der Waals surface area contributed by atoms with Crippen LogP contribution in [0.15, 0.2) is 66.1 Å². The molecule has 5 rings (SSSR count). The van der Waals surface area contributed by atoms with Crippen molar-refractivity contribution >= 4 is 41.8 Å². The van der Waals surface area contributed by atoms with E-state index in [0.717, 1.165) is 58.5 Å². The number of pyridine rings is 2. The highest BCUT2D eigenvalue weighted by atomic mass is 32.2. The van der Waals surface area contributed by atoms with E-state index < -0.39 is 8.32 Å². The summed E-state index contributed by atoms with van der Waals surface area (Å²) in [5.74, 6) is 0. The number of anilines is 1. The first-order valence-electron chi connectivity index (χ1n) is 13.8. The minimum Gasteiger partial charge on any atom is -0.414 e. The molecule has 1 aromatic carbocycles. The van der Waals surface area contributed by atoms with Gasteiger partial charge in [-0.1, -0.05) is 32.5 Å². The second-order valence-electron chi connectivity index (χ2n) is 12.1. The quantitative estimate of drug-likeness (QED) is 0.123. The van der Waals surface area contributed by atoms with Crippen molar-refractivity contribution in [2.24, 2.45) is 7.05 Å². The van der Waals surface area contributed by atoms with Gasteiger partial charge < -0.3 is 9.33 Å². The summed E-state index contributed by atoms with van der Waals surface area (Å²) in [5, 5.41) is 22.9. The van der Waals surface area contributed by atoms with E-state index in [4.69, 9.17) is 20.2 Å². The van der Waals surface area contributed by atoms with Gasteiger partial charge in [0.05, 0.1) is 23.6 Å². The molecule has 40 heavy (non-hydrogen) atoms. The van der Waals surface area contributed by atoms with Gasteiger partial charge in [-0.15, -0.1) is 0 Å². The normalized spacial score (nSPS) is 15.1. The van der Waals surface area contributed by atoms with Crippen LogP contribution in [0.1, 0.15) is 33.6 Å². The number of piperidine rings is 1. The highest BCUT2D eigenvalue weighted by Gasteiger charge is 2.39. The number of nitrogens with one attached hydrogen (secondary N) is 2. The Labute approximate surface area is 241 Å². The molecule has 1 aliphatic rings.